The van der Waals surface area contributed by atoms with E-state index in [1.165, 1.54) is 4.90 Å². The van der Waals surface area contributed by atoms with Crippen molar-refractivity contribution in [3.8, 4) is 6.07 Å². The van der Waals surface area contributed by atoms with Crippen LogP contribution in [0.4, 0.5) is 15.4 Å². The van der Waals surface area contributed by atoms with Gasteiger partial charge in [0.1, 0.15) is 22.9 Å². The van der Waals surface area contributed by atoms with Crippen molar-refractivity contribution in [1.82, 2.24) is 20.0 Å². The van der Waals surface area contributed by atoms with E-state index in [2.05, 4.69) is 10.2 Å². The number of fused-ring (bicyclic) bond motifs is 1. The molecule has 11 nitrogen and oxygen atoms in total. The third-order valence-electron chi connectivity index (χ3n) is 4.84. The summed E-state index contributed by atoms with van der Waals surface area (Å²) in [6.45, 7) is 12.5. The largest absolute Gasteiger partial charge is 0.444 e. The summed E-state index contributed by atoms with van der Waals surface area (Å²) in [5.41, 5.74) is 6.62. The number of nitrogens with zero attached hydrogens (tertiary/aromatic N) is 4. The molecule has 1 unspecified atom stereocenters. The summed E-state index contributed by atoms with van der Waals surface area (Å²) >= 11 is 0. The van der Waals surface area contributed by atoms with Crippen LogP contribution in [-0.2, 0) is 27.2 Å². The van der Waals surface area contributed by atoms with E-state index in [4.69, 9.17) is 20.5 Å². The molecule has 0 aliphatic carbocycles. The van der Waals surface area contributed by atoms with Crippen LogP contribution in [0.25, 0.3) is 0 Å². The lowest BCUT2D eigenvalue weighted by molar-refractivity contribution is -0.124. The molecule has 0 radical (unpaired) electrons. The summed E-state index contributed by atoms with van der Waals surface area (Å²) in [7, 11) is 0. The van der Waals surface area contributed by atoms with E-state index in [0.717, 1.165) is 17.7 Å². The molecule has 0 aromatic carbocycles. The number of carbonyl (C=O) groups excluding carboxylic acids is 3. The van der Waals surface area contributed by atoms with Gasteiger partial charge in [-0.25, -0.2) is 9.59 Å². The van der Waals surface area contributed by atoms with E-state index in [1.807, 2.05) is 26.8 Å². The first-order valence-electron chi connectivity index (χ1n) is 10.9. The van der Waals surface area contributed by atoms with Crippen LogP contribution in [0, 0.1) is 17.2 Å². The van der Waals surface area contributed by atoms with Gasteiger partial charge in [0.05, 0.1) is 12.6 Å². The van der Waals surface area contributed by atoms with Crippen LogP contribution < -0.4 is 5.73 Å². The molecule has 1 aromatic heterocycles. The lowest BCUT2D eigenvalue weighted by Crippen LogP contribution is -2.45. The minimum absolute atomic E-state index is 0.0951. The summed E-state index contributed by atoms with van der Waals surface area (Å²) < 4.78 is 10.5. The van der Waals surface area contributed by atoms with Gasteiger partial charge in [0, 0.05) is 43.7 Å². The smallest absolute Gasteiger partial charge is 0.410 e. The molecular formula is C22H34N6O5. The monoisotopic (exact) mass is 462 g/mol. The van der Waals surface area contributed by atoms with Crippen LogP contribution in [0.5, 0.6) is 0 Å². The van der Waals surface area contributed by atoms with Crippen molar-refractivity contribution in [3.05, 3.63) is 11.3 Å². The standard InChI is InChI=1S/C11H18N4O2.C11H16N2O3/c1-11(2,3)17-10(16)15-5-4-8-7(6-15)9(12)14-13-8;1-11(2,3)16-10(15)13-5-4-9(14)8(6-12)7-13/h4-6H2,1-3H3,(H3,12,13,14);8H,4-5,7H2,1-3H3. The summed E-state index contributed by atoms with van der Waals surface area (Å²) in [6.07, 6.45) is 0.208. The fourth-order valence-corrected chi connectivity index (χ4v) is 3.24. The zero-order valence-corrected chi connectivity index (χ0v) is 20.2. The third-order valence-corrected chi connectivity index (χ3v) is 4.84. The first kappa shape index (κ1) is 26.0. The van der Waals surface area contributed by atoms with E-state index in [9.17, 15) is 14.4 Å². The van der Waals surface area contributed by atoms with Gasteiger partial charge in [-0.2, -0.15) is 10.4 Å². The molecule has 1 aromatic rings. The molecule has 1 fully saturated rings. The first-order valence-corrected chi connectivity index (χ1v) is 10.9. The van der Waals surface area contributed by atoms with Crippen molar-refractivity contribution in [2.24, 2.45) is 5.92 Å². The second-order valence-corrected chi connectivity index (χ2v) is 10.0. The van der Waals surface area contributed by atoms with E-state index < -0.39 is 23.2 Å². The van der Waals surface area contributed by atoms with Crippen LogP contribution >= 0.6 is 0 Å². The number of aromatic amines is 1. The minimum atomic E-state index is -0.707. The van der Waals surface area contributed by atoms with Gasteiger partial charge in [-0.3, -0.25) is 9.89 Å². The van der Waals surface area contributed by atoms with Crippen molar-refractivity contribution in [1.29, 1.82) is 5.26 Å². The van der Waals surface area contributed by atoms with Crippen LogP contribution in [0.15, 0.2) is 0 Å². The molecule has 11 heteroatoms. The minimum Gasteiger partial charge on any atom is -0.444 e. The second kappa shape index (κ2) is 10.1. The Morgan fingerprint density at radius 2 is 1.61 bits per heavy atom. The predicted octanol–water partition coefficient (Wildman–Crippen LogP) is 2.62. The normalized spacial score (nSPS) is 18.5. The number of nitrogens with two attached hydrogens (primary N) is 1. The Morgan fingerprint density at radius 1 is 1.06 bits per heavy atom. The lowest BCUT2D eigenvalue weighted by atomic mass is 9.98. The predicted molar refractivity (Wildman–Crippen MR) is 120 cm³/mol. The topological polar surface area (TPSA) is 155 Å². The maximum absolute atomic E-state index is 11.9. The molecule has 2 aliphatic heterocycles. The Kier molecular flexibility index (Phi) is 7.95. The van der Waals surface area contributed by atoms with Crippen molar-refractivity contribution < 1.29 is 23.9 Å². The molecule has 2 amide bonds. The average Bonchev–Trinajstić information content (AvgIpc) is 3.06. The zero-order chi connectivity index (χ0) is 25.0. The van der Waals surface area contributed by atoms with Crippen molar-refractivity contribution >= 4 is 23.8 Å². The number of anilines is 1. The third kappa shape index (κ3) is 7.66. The SMILES string of the molecule is CC(C)(C)OC(=O)N1CCC(=O)C(C#N)C1.CC(C)(C)OC(=O)N1CCc2[nH]nc(N)c2C1. The average molecular weight is 463 g/mol. The number of hydrogen-bond donors (Lipinski definition) is 2. The number of aromatic nitrogens is 2. The number of rotatable bonds is 0. The second-order valence-electron chi connectivity index (χ2n) is 10.0. The van der Waals surface area contributed by atoms with Gasteiger partial charge < -0.3 is 25.0 Å². The number of nitriles is 1. The molecule has 1 atom stereocenters. The van der Waals surface area contributed by atoms with Gasteiger partial charge in [0.2, 0.25) is 0 Å². The summed E-state index contributed by atoms with van der Waals surface area (Å²) in [6, 6.07) is 1.90. The van der Waals surface area contributed by atoms with Gasteiger partial charge in [0.15, 0.2) is 5.78 Å². The molecule has 2 aliphatic rings. The number of piperidine rings is 1. The van der Waals surface area contributed by atoms with E-state index >= 15 is 0 Å². The van der Waals surface area contributed by atoms with E-state index in [1.54, 1.807) is 25.7 Å². The van der Waals surface area contributed by atoms with Crippen molar-refractivity contribution in [2.45, 2.75) is 72.1 Å². The number of H-pyrrole nitrogens is 1. The number of Topliss-reactive ketones (excluding diaryl/α,β-unsaturated/α-hetero) is 1. The number of ether oxygens (including phenoxy) is 2. The lowest BCUT2D eigenvalue weighted by Gasteiger charge is -2.31. The highest BCUT2D eigenvalue weighted by Crippen LogP contribution is 2.23. The fraction of sp³-hybridized carbons (Fsp3) is 0.682. The molecule has 33 heavy (non-hydrogen) atoms. The van der Waals surface area contributed by atoms with Crippen molar-refractivity contribution in [3.63, 3.8) is 0 Å². The highest BCUT2D eigenvalue weighted by atomic mass is 16.6. The molecule has 0 saturated carbocycles. The summed E-state index contributed by atoms with van der Waals surface area (Å²) in [4.78, 5) is 37.9. The molecule has 0 bridgehead atoms. The van der Waals surface area contributed by atoms with Crippen LogP contribution in [0.2, 0.25) is 0 Å². The highest BCUT2D eigenvalue weighted by molar-refractivity contribution is 5.86. The molecule has 3 N–H and O–H groups in total. The number of nitrogen functional groups attached to an aromatic ring is 1. The first-order chi connectivity index (χ1) is 15.2. The molecule has 0 spiro atoms. The van der Waals surface area contributed by atoms with E-state index in [-0.39, 0.29) is 24.8 Å². The van der Waals surface area contributed by atoms with Crippen molar-refractivity contribution in [2.75, 3.05) is 25.4 Å². The number of hydrogen-bond acceptors (Lipinski definition) is 8. The van der Waals surface area contributed by atoms with Crippen LogP contribution in [0.1, 0.15) is 59.2 Å². The van der Waals surface area contributed by atoms with Crippen LogP contribution in [-0.4, -0.2) is 68.8 Å². The Labute approximate surface area is 194 Å². The maximum Gasteiger partial charge on any atom is 0.410 e. The van der Waals surface area contributed by atoms with E-state index in [0.29, 0.717) is 25.5 Å². The number of likely N-dealkylation sites (tertiary alicyclic amines) is 1. The Morgan fingerprint density at radius 3 is 2.15 bits per heavy atom. The van der Waals surface area contributed by atoms with Gasteiger partial charge in [-0.05, 0) is 41.5 Å². The molecule has 3 heterocycles. The Bertz CT molecular complexity index is 921. The maximum atomic E-state index is 11.9. The Balaban J connectivity index is 0.000000234. The van der Waals surface area contributed by atoms with Gasteiger partial charge >= 0.3 is 12.2 Å². The van der Waals surface area contributed by atoms with Crippen LogP contribution in [0.3, 0.4) is 0 Å². The number of ketones is 1. The number of carbonyl (C=O) groups is 3. The molecule has 182 valence electrons. The summed E-state index contributed by atoms with van der Waals surface area (Å²) in [5, 5.41) is 15.6. The van der Waals surface area contributed by atoms with Gasteiger partial charge in [-0.1, -0.05) is 0 Å². The molecule has 1 saturated heterocycles. The fourth-order valence-electron chi connectivity index (χ4n) is 3.24. The molecule has 3 rings (SSSR count). The van der Waals surface area contributed by atoms with Gasteiger partial charge in [-0.15, -0.1) is 0 Å². The quantitative estimate of drug-likeness (QED) is 0.596. The number of nitrogens with one attached hydrogen (secondary N) is 1. The number of amides is 2. The molecular weight excluding hydrogens is 428 g/mol. The Hall–Kier alpha value is -3.29. The van der Waals surface area contributed by atoms with Gasteiger partial charge in [0.25, 0.3) is 0 Å². The summed E-state index contributed by atoms with van der Waals surface area (Å²) in [5.74, 6) is -0.336. The zero-order valence-electron chi connectivity index (χ0n) is 20.2. The highest BCUT2D eigenvalue weighted by Gasteiger charge is 2.32.